The van der Waals surface area contributed by atoms with E-state index in [-0.39, 0.29) is 11.1 Å². The predicted octanol–water partition coefficient (Wildman–Crippen LogP) is 6.10. The first-order valence-corrected chi connectivity index (χ1v) is 11.6. The highest BCUT2D eigenvalue weighted by atomic mass is 19.4. The summed E-state index contributed by atoms with van der Waals surface area (Å²) in [6.45, 7) is 6.71. The molecule has 1 aliphatic heterocycles. The second kappa shape index (κ2) is 8.91. The van der Waals surface area contributed by atoms with Gasteiger partial charge in [-0.3, -0.25) is 0 Å². The second-order valence-corrected chi connectivity index (χ2v) is 9.38. The van der Waals surface area contributed by atoms with Crippen LogP contribution in [0.3, 0.4) is 0 Å². The molecule has 1 saturated heterocycles. The van der Waals surface area contributed by atoms with Crippen LogP contribution in [0.1, 0.15) is 41.6 Å². The number of carboxylic acid groups (broad SMARTS) is 1. The zero-order valence-corrected chi connectivity index (χ0v) is 20.3. The Morgan fingerprint density at radius 1 is 1.16 bits per heavy atom. The van der Waals surface area contributed by atoms with Gasteiger partial charge in [-0.25, -0.2) is 9.78 Å². The molecule has 0 unspecified atom stereocenters. The van der Waals surface area contributed by atoms with Gasteiger partial charge in [0, 0.05) is 58.8 Å². The van der Waals surface area contributed by atoms with Crippen molar-refractivity contribution in [3.05, 3.63) is 53.7 Å². The fourth-order valence-electron chi connectivity index (χ4n) is 4.90. The molecule has 0 aliphatic carbocycles. The summed E-state index contributed by atoms with van der Waals surface area (Å²) >= 11 is 0. The highest BCUT2D eigenvalue weighted by Gasteiger charge is 2.35. The molecule has 0 atom stereocenters. The normalized spacial score (nSPS) is 15.7. The number of fused-ring (bicyclic) bond motifs is 1. The van der Waals surface area contributed by atoms with E-state index in [1.54, 1.807) is 26.2 Å². The maximum atomic E-state index is 13.4. The highest BCUT2D eigenvalue weighted by Crippen LogP contribution is 2.43. The summed E-state index contributed by atoms with van der Waals surface area (Å²) in [5.41, 5.74) is 2.49. The van der Waals surface area contributed by atoms with E-state index in [1.165, 1.54) is 12.1 Å². The molecule has 0 radical (unpaired) electrons. The van der Waals surface area contributed by atoms with Crippen LogP contribution in [0.4, 0.5) is 13.2 Å². The van der Waals surface area contributed by atoms with Gasteiger partial charge in [0.2, 0.25) is 0 Å². The predicted molar refractivity (Wildman–Crippen MR) is 127 cm³/mol. The van der Waals surface area contributed by atoms with Crippen molar-refractivity contribution >= 4 is 17.0 Å². The number of rotatable bonds is 5. The Balaban J connectivity index is 1.79. The molecule has 1 fully saturated rings. The molecule has 5 rings (SSSR count). The summed E-state index contributed by atoms with van der Waals surface area (Å²) < 4.78 is 57.2. The quantitative estimate of drug-likeness (QED) is 0.343. The molecule has 0 spiro atoms. The monoisotopic (exact) mass is 515 g/mol. The number of nitrogens with zero attached hydrogens (tertiary/aromatic N) is 3. The molecule has 1 aliphatic rings. The van der Waals surface area contributed by atoms with Gasteiger partial charge in [0.25, 0.3) is 0 Å². The van der Waals surface area contributed by atoms with E-state index in [9.17, 15) is 23.1 Å². The minimum Gasteiger partial charge on any atom is -0.478 e. The van der Waals surface area contributed by atoms with E-state index in [4.69, 9.17) is 14.2 Å². The number of aromatic nitrogens is 3. The lowest BCUT2D eigenvalue weighted by atomic mass is 9.92. The van der Waals surface area contributed by atoms with E-state index < -0.39 is 23.6 Å². The number of pyridine rings is 1. The first kappa shape index (κ1) is 24.8. The van der Waals surface area contributed by atoms with E-state index in [2.05, 4.69) is 16.8 Å². The van der Waals surface area contributed by atoms with Gasteiger partial charge in [-0.05, 0) is 57.9 Å². The van der Waals surface area contributed by atoms with Crippen LogP contribution in [0.25, 0.3) is 33.3 Å². The van der Waals surface area contributed by atoms with Crippen LogP contribution in [0.5, 0.6) is 5.75 Å². The van der Waals surface area contributed by atoms with Crippen LogP contribution >= 0.6 is 0 Å². The number of carbonyl (C=O) groups is 1. The largest absolute Gasteiger partial charge is 0.573 e. The third-order valence-corrected chi connectivity index (χ3v) is 6.86. The lowest BCUT2D eigenvalue weighted by Crippen LogP contribution is -2.36. The van der Waals surface area contributed by atoms with Crippen molar-refractivity contribution in [2.24, 2.45) is 0 Å². The van der Waals surface area contributed by atoms with Crippen molar-refractivity contribution in [2.75, 3.05) is 13.2 Å². The summed E-state index contributed by atoms with van der Waals surface area (Å²) in [4.78, 5) is 16.2. The molecule has 11 heteroatoms. The first-order valence-electron chi connectivity index (χ1n) is 11.6. The third-order valence-electron chi connectivity index (χ3n) is 6.86. The third kappa shape index (κ3) is 4.55. The molecule has 8 nitrogen and oxygen atoms in total. The molecule has 0 bridgehead atoms. The van der Waals surface area contributed by atoms with Gasteiger partial charge in [-0.15, -0.1) is 13.2 Å². The molecular formula is C26H24F3N3O5. The average Bonchev–Trinajstić information content (AvgIpc) is 3.38. The Morgan fingerprint density at radius 3 is 2.51 bits per heavy atom. The van der Waals surface area contributed by atoms with Crippen LogP contribution in [0.2, 0.25) is 0 Å². The molecule has 1 aromatic carbocycles. The number of carboxylic acids is 1. The number of aryl methyl sites for hydroxylation is 2. The highest BCUT2D eigenvalue weighted by molar-refractivity contribution is 5.99. The molecule has 0 amide bonds. The van der Waals surface area contributed by atoms with Crippen molar-refractivity contribution in [3.63, 3.8) is 0 Å². The molecule has 4 heterocycles. The minimum absolute atomic E-state index is 0.0967. The Kier molecular flexibility index (Phi) is 5.98. The summed E-state index contributed by atoms with van der Waals surface area (Å²) in [7, 11) is 0. The molecule has 0 saturated carbocycles. The van der Waals surface area contributed by atoms with Gasteiger partial charge < -0.3 is 23.7 Å². The van der Waals surface area contributed by atoms with Crippen LogP contribution in [-0.4, -0.2) is 45.4 Å². The smallest absolute Gasteiger partial charge is 0.478 e. The Labute approximate surface area is 209 Å². The first-order chi connectivity index (χ1) is 17.5. The van der Waals surface area contributed by atoms with E-state index in [1.807, 2.05) is 10.6 Å². The summed E-state index contributed by atoms with van der Waals surface area (Å²) in [6, 6.07) is 5.31. The van der Waals surface area contributed by atoms with Crippen molar-refractivity contribution in [1.82, 2.24) is 14.7 Å². The van der Waals surface area contributed by atoms with Crippen LogP contribution in [-0.2, 0) is 10.3 Å². The molecular weight excluding hydrogens is 491 g/mol. The van der Waals surface area contributed by atoms with Gasteiger partial charge in [0.05, 0.1) is 11.3 Å². The lowest BCUT2D eigenvalue weighted by Gasteiger charge is -2.35. The number of hydrogen-bond acceptors (Lipinski definition) is 6. The van der Waals surface area contributed by atoms with Gasteiger partial charge in [0.15, 0.2) is 0 Å². The fraction of sp³-hybridized carbons (Fsp3) is 0.346. The van der Waals surface area contributed by atoms with Crippen molar-refractivity contribution in [2.45, 2.75) is 45.5 Å². The Bertz CT molecular complexity index is 1480. The Hall–Kier alpha value is -3.86. The SMILES string of the molecule is Cc1noc(C)c1-c1cnc2c(c1)c(-c1ccc(C(=O)O)cc1OC(F)(F)F)cn2C1(C)CCOCC1. The topological polar surface area (TPSA) is 99.6 Å². The van der Waals surface area contributed by atoms with Gasteiger partial charge >= 0.3 is 12.3 Å². The minimum atomic E-state index is -5.02. The number of hydrogen-bond donors (Lipinski definition) is 1. The zero-order chi connectivity index (χ0) is 26.5. The van der Waals surface area contributed by atoms with E-state index in [0.29, 0.717) is 59.7 Å². The molecule has 37 heavy (non-hydrogen) atoms. The maximum Gasteiger partial charge on any atom is 0.573 e. The molecule has 194 valence electrons. The Morgan fingerprint density at radius 2 is 1.89 bits per heavy atom. The zero-order valence-electron chi connectivity index (χ0n) is 20.3. The number of aromatic carboxylic acids is 1. The van der Waals surface area contributed by atoms with E-state index >= 15 is 0 Å². The van der Waals surface area contributed by atoms with E-state index in [0.717, 1.165) is 11.6 Å². The van der Waals surface area contributed by atoms with Crippen LogP contribution in [0, 0.1) is 13.8 Å². The fourth-order valence-corrected chi connectivity index (χ4v) is 4.90. The van der Waals surface area contributed by atoms with Crippen LogP contribution < -0.4 is 4.74 Å². The number of ether oxygens (including phenoxy) is 2. The van der Waals surface area contributed by atoms with Crippen molar-refractivity contribution in [1.29, 1.82) is 0 Å². The van der Waals surface area contributed by atoms with Crippen molar-refractivity contribution in [3.8, 4) is 28.0 Å². The van der Waals surface area contributed by atoms with Crippen LogP contribution in [0.15, 0.2) is 41.2 Å². The molecule has 1 N–H and O–H groups in total. The maximum absolute atomic E-state index is 13.4. The van der Waals surface area contributed by atoms with Gasteiger partial charge in [-0.1, -0.05) is 5.16 Å². The summed E-state index contributed by atoms with van der Waals surface area (Å²) in [5, 5.41) is 14.0. The lowest BCUT2D eigenvalue weighted by molar-refractivity contribution is -0.274. The standard InChI is InChI=1S/C26H24F3N3O5/c1-14-22(15(2)37-31-14)17-10-19-20(13-32(23(19)30-12-17)25(3)6-8-35-9-7-25)18-5-4-16(24(33)34)11-21(18)36-26(27,28)29/h4-5,10-13H,6-9H2,1-3H3,(H,33,34). The summed E-state index contributed by atoms with van der Waals surface area (Å²) in [5.74, 6) is -1.38. The molecule has 3 aromatic heterocycles. The van der Waals surface area contributed by atoms with Crippen molar-refractivity contribution < 1.29 is 37.1 Å². The number of alkyl halides is 3. The second-order valence-electron chi connectivity index (χ2n) is 9.38. The van der Waals surface area contributed by atoms with Gasteiger partial charge in [0.1, 0.15) is 17.2 Å². The number of halogens is 3. The average molecular weight is 515 g/mol. The number of benzene rings is 1. The summed E-state index contributed by atoms with van der Waals surface area (Å²) in [6.07, 6.45) is -0.185. The molecule has 4 aromatic rings. The van der Waals surface area contributed by atoms with Gasteiger partial charge in [-0.2, -0.15) is 0 Å².